The lowest BCUT2D eigenvalue weighted by Gasteiger charge is -2.09. The number of anilines is 1. The fourth-order valence-corrected chi connectivity index (χ4v) is 1.13. The highest BCUT2D eigenvalue weighted by Gasteiger charge is 2.02. The van der Waals surface area contributed by atoms with Gasteiger partial charge in [-0.25, -0.2) is 4.39 Å². The molecule has 0 saturated carbocycles. The molecule has 0 aliphatic carbocycles. The molecular weight excluding hydrogens is 169 g/mol. The number of ether oxygens (including phenoxy) is 1. The Morgan fingerprint density at radius 1 is 1.46 bits per heavy atom. The van der Waals surface area contributed by atoms with Crippen LogP contribution in [0.1, 0.15) is 5.56 Å². The van der Waals surface area contributed by atoms with Crippen LogP contribution in [0.5, 0.6) is 0 Å². The van der Waals surface area contributed by atoms with Gasteiger partial charge < -0.3 is 10.1 Å². The molecule has 0 spiro atoms. The first-order valence-electron chi connectivity index (χ1n) is 4.23. The Labute approximate surface area is 77.7 Å². The second-order valence-corrected chi connectivity index (χ2v) is 2.85. The number of halogens is 1. The zero-order valence-corrected chi connectivity index (χ0v) is 7.93. The summed E-state index contributed by atoms with van der Waals surface area (Å²) in [6.45, 7) is 3.07. The van der Waals surface area contributed by atoms with Gasteiger partial charge in [0, 0.05) is 13.7 Å². The van der Waals surface area contributed by atoms with E-state index in [1.807, 2.05) is 13.0 Å². The summed E-state index contributed by atoms with van der Waals surface area (Å²) in [5, 5.41) is 2.98. The lowest BCUT2D eigenvalue weighted by Crippen LogP contribution is -2.09. The minimum absolute atomic E-state index is 0.212. The number of rotatable bonds is 4. The fraction of sp³-hybridized carbons (Fsp3) is 0.400. The Morgan fingerprint density at radius 3 is 2.85 bits per heavy atom. The molecule has 2 nitrogen and oxygen atoms in total. The van der Waals surface area contributed by atoms with Crippen molar-refractivity contribution in [2.24, 2.45) is 0 Å². The van der Waals surface area contributed by atoms with Crippen LogP contribution in [0.15, 0.2) is 18.2 Å². The molecule has 72 valence electrons. The molecule has 1 aromatic rings. The van der Waals surface area contributed by atoms with Crippen molar-refractivity contribution in [3.05, 3.63) is 29.6 Å². The summed E-state index contributed by atoms with van der Waals surface area (Å²) in [5.74, 6) is -0.212. The van der Waals surface area contributed by atoms with Gasteiger partial charge in [0.25, 0.3) is 0 Å². The smallest absolute Gasteiger partial charge is 0.146 e. The molecule has 0 radical (unpaired) electrons. The molecule has 0 fully saturated rings. The molecule has 3 heteroatoms. The van der Waals surface area contributed by atoms with Gasteiger partial charge in [0.1, 0.15) is 5.82 Å². The zero-order valence-electron chi connectivity index (χ0n) is 7.93. The molecular formula is C10H14FNO. The highest BCUT2D eigenvalue weighted by atomic mass is 19.1. The number of para-hydroxylation sites is 1. The van der Waals surface area contributed by atoms with Crippen LogP contribution in [-0.2, 0) is 4.74 Å². The average molecular weight is 183 g/mol. The summed E-state index contributed by atoms with van der Waals surface area (Å²) in [5.41, 5.74) is 1.48. The van der Waals surface area contributed by atoms with Crippen molar-refractivity contribution in [1.29, 1.82) is 0 Å². The molecule has 1 aromatic carbocycles. The topological polar surface area (TPSA) is 21.3 Å². The third-order valence-corrected chi connectivity index (χ3v) is 1.83. The number of hydrogen-bond donors (Lipinski definition) is 1. The van der Waals surface area contributed by atoms with Crippen LogP contribution in [-0.4, -0.2) is 20.3 Å². The monoisotopic (exact) mass is 183 g/mol. The maximum Gasteiger partial charge on any atom is 0.146 e. The summed E-state index contributed by atoms with van der Waals surface area (Å²) in [7, 11) is 1.62. The SMILES string of the molecule is COCCNc1c(C)cccc1F. The minimum atomic E-state index is -0.212. The molecule has 0 unspecified atom stereocenters. The molecule has 0 amide bonds. The molecule has 0 heterocycles. The Morgan fingerprint density at radius 2 is 2.23 bits per heavy atom. The van der Waals surface area contributed by atoms with Gasteiger partial charge in [-0.3, -0.25) is 0 Å². The van der Waals surface area contributed by atoms with Gasteiger partial charge in [-0.2, -0.15) is 0 Å². The van der Waals surface area contributed by atoms with E-state index in [9.17, 15) is 4.39 Å². The van der Waals surface area contributed by atoms with Crippen molar-refractivity contribution in [1.82, 2.24) is 0 Å². The number of methoxy groups -OCH3 is 1. The van der Waals surface area contributed by atoms with E-state index in [2.05, 4.69) is 5.32 Å². The maximum absolute atomic E-state index is 13.2. The van der Waals surface area contributed by atoms with E-state index in [0.717, 1.165) is 5.56 Å². The van der Waals surface area contributed by atoms with Crippen molar-refractivity contribution in [3.63, 3.8) is 0 Å². The van der Waals surface area contributed by atoms with Crippen molar-refractivity contribution >= 4 is 5.69 Å². The summed E-state index contributed by atoms with van der Waals surface area (Å²) >= 11 is 0. The van der Waals surface area contributed by atoms with Gasteiger partial charge in [-0.05, 0) is 18.6 Å². The molecule has 0 saturated heterocycles. The quantitative estimate of drug-likeness (QED) is 0.722. The minimum Gasteiger partial charge on any atom is -0.383 e. The van der Waals surface area contributed by atoms with Crippen LogP contribution in [0.4, 0.5) is 10.1 Å². The van der Waals surface area contributed by atoms with Crippen LogP contribution in [0.3, 0.4) is 0 Å². The van der Waals surface area contributed by atoms with Crippen LogP contribution in [0.25, 0.3) is 0 Å². The second-order valence-electron chi connectivity index (χ2n) is 2.85. The lowest BCUT2D eigenvalue weighted by atomic mass is 10.2. The number of nitrogens with one attached hydrogen (secondary N) is 1. The number of aryl methyl sites for hydroxylation is 1. The van der Waals surface area contributed by atoms with E-state index >= 15 is 0 Å². The van der Waals surface area contributed by atoms with Crippen molar-refractivity contribution in [2.75, 3.05) is 25.6 Å². The van der Waals surface area contributed by atoms with Crippen molar-refractivity contribution < 1.29 is 9.13 Å². The number of benzene rings is 1. The van der Waals surface area contributed by atoms with Gasteiger partial charge >= 0.3 is 0 Å². The van der Waals surface area contributed by atoms with Gasteiger partial charge in [0.2, 0.25) is 0 Å². The predicted molar refractivity (Wildman–Crippen MR) is 51.5 cm³/mol. The van der Waals surface area contributed by atoms with Crippen molar-refractivity contribution in [2.45, 2.75) is 6.92 Å². The fourth-order valence-electron chi connectivity index (χ4n) is 1.13. The summed E-state index contributed by atoms with van der Waals surface area (Å²) in [4.78, 5) is 0. The first kappa shape index (κ1) is 9.99. The molecule has 0 aromatic heterocycles. The van der Waals surface area contributed by atoms with Gasteiger partial charge in [0.05, 0.1) is 12.3 Å². The first-order valence-corrected chi connectivity index (χ1v) is 4.23. The van der Waals surface area contributed by atoms with E-state index in [1.54, 1.807) is 13.2 Å². The van der Waals surface area contributed by atoms with Crippen LogP contribution in [0.2, 0.25) is 0 Å². The maximum atomic E-state index is 13.2. The van der Waals surface area contributed by atoms with Gasteiger partial charge in [-0.15, -0.1) is 0 Å². The van der Waals surface area contributed by atoms with E-state index in [-0.39, 0.29) is 5.82 Å². The van der Waals surface area contributed by atoms with Gasteiger partial charge in [0.15, 0.2) is 0 Å². The van der Waals surface area contributed by atoms with Crippen LogP contribution >= 0.6 is 0 Å². The largest absolute Gasteiger partial charge is 0.383 e. The highest BCUT2D eigenvalue weighted by Crippen LogP contribution is 2.17. The van der Waals surface area contributed by atoms with E-state index in [4.69, 9.17) is 4.74 Å². The molecule has 13 heavy (non-hydrogen) atoms. The normalized spacial score (nSPS) is 10.1. The molecule has 0 bridgehead atoms. The van der Waals surface area contributed by atoms with E-state index in [1.165, 1.54) is 6.07 Å². The highest BCUT2D eigenvalue weighted by molar-refractivity contribution is 5.51. The Kier molecular flexibility index (Phi) is 3.71. The lowest BCUT2D eigenvalue weighted by molar-refractivity contribution is 0.210. The summed E-state index contributed by atoms with van der Waals surface area (Å²) in [6.07, 6.45) is 0. The molecule has 1 rings (SSSR count). The number of hydrogen-bond acceptors (Lipinski definition) is 2. The second kappa shape index (κ2) is 4.82. The summed E-state index contributed by atoms with van der Waals surface area (Å²) in [6, 6.07) is 5.02. The van der Waals surface area contributed by atoms with Gasteiger partial charge in [-0.1, -0.05) is 12.1 Å². The Bertz CT molecular complexity index is 255. The Hall–Kier alpha value is -1.09. The zero-order chi connectivity index (χ0) is 9.68. The standard InChI is InChI=1S/C10H14FNO/c1-8-4-3-5-9(11)10(8)12-6-7-13-2/h3-5,12H,6-7H2,1-2H3. The average Bonchev–Trinajstić information content (AvgIpc) is 2.10. The Balaban J connectivity index is 2.64. The van der Waals surface area contributed by atoms with E-state index < -0.39 is 0 Å². The van der Waals surface area contributed by atoms with Crippen LogP contribution < -0.4 is 5.32 Å². The predicted octanol–water partition coefficient (Wildman–Crippen LogP) is 2.19. The molecule has 1 N–H and O–H groups in total. The molecule has 0 aliphatic heterocycles. The molecule has 0 aliphatic rings. The molecule has 0 atom stereocenters. The third kappa shape index (κ3) is 2.70. The first-order chi connectivity index (χ1) is 6.25. The third-order valence-electron chi connectivity index (χ3n) is 1.83. The van der Waals surface area contributed by atoms with Crippen molar-refractivity contribution in [3.8, 4) is 0 Å². The van der Waals surface area contributed by atoms with Crippen LogP contribution in [0, 0.1) is 12.7 Å². The summed E-state index contributed by atoms with van der Waals surface area (Å²) < 4.78 is 18.0. The van der Waals surface area contributed by atoms with E-state index in [0.29, 0.717) is 18.8 Å².